The molecule has 0 aliphatic heterocycles. The third-order valence-electron chi connectivity index (χ3n) is 9.58. The van der Waals surface area contributed by atoms with Crippen LogP contribution in [0.1, 0.15) is 92.4 Å². The summed E-state index contributed by atoms with van der Waals surface area (Å²) < 4.78 is 11.6. The minimum absolute atomic E-state index is 0.00986. The molecule has 1 amide bonds. The minimum Gasteiger partial charge on any atom is -0.462 e. The summed E-state index contributed by atoms with van der Waals surface area (Å²) in [6.45, 7) is 9.95. The van der Waals surface area contributed by atoms with Crippen LogP contribution >= 0.6 is 0 Å². The molecular formula is C27H41NO5. The Balaban J connectivity index is 1.58. The highest BCUT2D eigenvalue weighted by Gasteiger charge is 2.62. The van der Waals surface area contributed by atoms with E-state index in [1.165, 1.54) is 5.57 Å². The lowest BCUT2D eigenvalue weighted by molar-refractivity contribution is -0.151. The fourth-order valence-electron chi connectivity index (χ4n) is 7.83. The van der Waals surface area contributed by atoms with Crippen molar-refractivity contribution < 1.29 is 23.9 Å². The molecule has 4 rings (SSSR count). The minimum atomic E-state index is -0.252. The lowest BCUT2D eigenvalue weighted by atomic mass is 9.48. The van der Waals surface area contributed by atoms with E-state index in [-0.39, 0.29) is 46.9 Å². The molecule has 0 radical (unpaired) electrons. The van der Waals surface area contributed by atoms with Crippen molar-refractivity contribution in [3.05, 3.63) is 11.6 Å². The molecule has 4 aliphatic carbocycles. The Morgan fingerprint density at radius 2 is 1.73 bits per heavy atom. The zero-order valence-electron chi connectivity index (χ0n) is 20.9. The number of nitrogens with one attached hydrogen (secondary N) is 1. The number of carbonyl (C=O) groups is 3. The summed E-state index contributed by atoms with van der Waals surface area (Å²) in [4.78, 5) is 36.1. The van der Waals surface area contributed by atoms with E-state index in [4.69, 9.17) is 9.47 Å². The van der Waals surface area contributed by atoms with Gasteiger partial charge in [-0.1, -0.05) is 39.3 Å². The van der Waals surface area contributed by atoms with E-state index < -0.39 is 0 Å². The number of carbonyl (C=O) groups excluding carboxylic acids is 3. The standard InChI is InChI=1S/C27H41NO5/c1-6-23(30)32-18-10-12-26(4)17(14-18)8-9-19-20(26)11-13-27(5)21(19)15-22(33-24(31)7-2)25(27)28-16(3)29/h8,18-22,25H,6-7,9-15H2,1-5H3,(H,28,29)/t18-,19+,20-,21-,22+,25-,26-,27-/m0/s1. The van der Waals surface area contributed by atoms with Crippen LogP contribution in [0.25, 0.3) is 0 Å². The molecule has 0 bridgehead atoms. The van der Waals surface area contributed by atoms with Crippen molar-refractivity contribution in [2.75, 3.05) is 0 Å². The molecule has 4 aliphatic rings. The van der Waals surface area contributed by atoms with Crippen molar-refractivity contribution in [2.45, 2.75) is 111 Å². The van der Waals surface area contributed by atoms with E-state index in [9.17, 15) is 14.4 Å². The van der Waals surface area contributed by atoms with Crippen LogP contribution in [0.3, 0.4) is 0 Å². The zero-order valence-corrected chi connectivity index (χ0v) is 20.9. The molecule has 0 saturated heterocycles. The van der Waals surface area contributed by atoms with Crippen molar-refractivity contribution in [2.24, 2.45) is 28.6 Å². The molecule has 1 N–H and O–H groups in total. The highest BCUT2D eigenvalue weighted by molar-refractivity contribution is 5.74. The van der Waals surface area contributed by atoms with Crippen molar-refractivity contribution in [3.8, 4) is 0 Å². The fourth-order valence-corrected chi connectivity index (χ4v) is 7.83. The largest absolute Gasteiger partial charge is 0.462 e. The molecule has 0 aromatic heterocycles. The van der Waals surface area contributed by atoms with Gasteiger partial charge in [0.2, 0.25) is 5.91 Å². The van der Waals surface area contributed by atoms with Gasteiger partial charge >= 0.3 is 11.9 Å². The molecule has 6 nitrogen and oxygen atoms in total. The van der Waals surface area contributed by atoms with Gasteiger partial charge in [-0.2, -0.15) is 0 Å². The van der Waals surface area contributed by atoms with E-state index in [1.807, 2.05) is 13.8 Å². The molecular weight excluding hydrogens is 418 g/mol. The first-order chi connectivity index (χ1) is 15.6. The zero-order chi connectivity index (χ0) is 24.0. The second-order valence-electron chi connectivity index (χ2n) is 11.3. The summed E-state index contributed by atoms with van der Waals surface area (Å²) >= 11 is 0. The number of rotatable bonds is 5. The molecule has 0 unspecified atom stereocenters. The van der Waals surface area contributed by atoms with Crippen LogP contribution in [0.2, 0.25) is 0 Å². The van der Waals surface area contributed by atoms with E-state index in [0.29, 0.717) is 30.6 Å². The van der Waals surface area contributed by atoms with Crippen molar-refractivity contribution >= 4 is 17.8 Å². The second kappa shape index (κ2) is 9.07. The number of hydrogen-bond acceptors (Lipinski definition) is 5. The Bertz CT molecular complexity index is 836. The SMILES string of the molecule is CCC(=O)O[C@H]1CC[C@@]2(C)C(=CC[C@H]3[C@@H]4C[C@@H](OC(=O)CC)[C@H](NC(C)=O)[C@@]4(C)CC[C@@H]32)C1. The number of amides is 1. The molecule has 3 fully saturated rings. The molecule has 0 aromatic rings. The van der Waals surface area contributed by atoms with Crippen LogP contribution < -0.4 is 5.32 Å². The lowest BCUT2D eigenvalue weighted by Gasteiger charge is -2.57. The van der Waals surface area contributed by atoms with Crippen molar-refractivity contribution in [1.82, 2.24) is 5.32 Å². The molecule has 0 heterocycles. The maximum atomic E-state index is 12.2. The summed E-state index contributed by atoms with van der Waals surface area (Å²) in [5, 5.41) is 3.17. The molecule has 0 aromatic carbocycles. The summed E-state index contributed by atoms with van der Waals surface area (Å²) in [5.74, 6) is 1.17. The second-order valence-corrected chi connectivity index (χ2v) is 11.3. The predicted molar refractivity (Wildman–Crippen MR) is 125 cm³/mol. The number of ether oxygens (including phenoxy) is 2. The van der Waals surface area contributed by atoms with Crippen LogP contribution in [0.4, 0.5) is 0 Å². The van der Waals surface area contributed by atoms with Crippen molar-refractivity contribution in [1.29, 1.82) is 0 Å². The highest BCUT2D eigenvalue weighted by atomic mass is 16.5. The predicted octanol–water partition coefficient (Wildman–Crippen LogP) is 4.71. The van der Waals surface area contributed by atoms with E-state index >= 15 is 0 Å². The van der Waals surface area contributed by atoms with Gasteiger partial charge in [0.1, 0.15) is 12.2 Å². The number of fused-ring (bicyclic) bond motifs is 5. The maximum absolute atomic E-state index is 12.2. The van der Waals surface area contributed by atoms with Gasteiger partial charge in [-0.25, -0.2) is 0 Å². The first-order valence-corrected chi connectivity index (χ1v) is 13.0. The van der Waals surface area contributed by atoms with Crippen LogP contribution in [0.5, 0.6) is 0 Å². The Morgan fingerprint density at radius 1 is 1.03 bits per heavy atom. The van der Waals surface area contributed by atoms with Gasteiger partial charge in [0.15, 0.2) is 0 Å². The average molecular weight is 460 g/mol. The average Bonchev–Trinajstić information content (AvgIpc) is 3.04. The first kappa shape index (κ1) is 24.3. The smallest absolute Gasteiger partial charge is 0.305 e. The lowest BCUT2D eigenvalue weighted by Crippen LogP contribution is -2.55. The van der Waals surface area contributed by atoms with E-state index in [1.54, 1.807) is 6.92 Å². The maximum Gasteiger partial charge on any atom is 0.305 e. The third-order valence-corrected chi connectivity index (χ3v) is 9.58. The topological polar surface area (TPSA) is 81.7 Å². The van der Waals surface area contributed by atoms with Crippen LogP contribution in [0, 0.1) is 28.6 Å². The van der Waals surface area contributed by atoms with Crippen molar-refractivity contribution in [3.63, 3.8) is 0 Å². The molecule has 8 atom stereocenters. The number of allylic oxidation sites excluding steroid dienone is 1. The van der Waals surface area contributed by atoms with Crippen LogP contribution in [-0.2, 0) is 23.9 Å². The third kappa shape index (κ3) is 4.23. The number of esters is 2. The first-order valence-electron chi connectivity index (χ1n) is 13.0. The van der Waals surface area contributed by atoms with Gasteiger partial charge in [0.05, 0.1) is 6.04 Å². The van der Waals surface area contributed by atoms with Gasteiger partial charge in [0, 0.05) is 26.2 Å². The van der Waals surface area contributed by atoms with Crippen LogP contribution in [0.15, 0.2) is 11.6 Å². The summed E-state index contributed by atoms with van der Waals surface area (Å²) in [6, 6.07) is -0.126. The summed E-state index contributed by atoms with van der Waals surface area (Å²) in [6.07, 6.45) is 9.79. The van der Waals surface area contributed by atoms with Gasteiger partial charge in [-0.05, 0) is 67.1 Å². The number of hydrogen-bond donors (Lipinski definition) is 1. The van der Waals surface area contributed by atoms with Crippen LogP contribution in [-0.4, -0.2) is 36.1 Å². The monoisotopic (exact) mass is 459 g/mol. The normalized spacial score (nSPS) is 41.7. The van der Waals surface area contributed by atoms with Gasteiger partial charge in [-0.15, -0.1) is 0 Å². The Labute approximate surface area is 198 Å². The van der Waals surface area contributed by atoms with Gasteiger partial charge in [-0.3, -0.25) is 14.4 Å². The van der Waals surface area contributed by atoms with Gasteiger partial charge < -0.3 is 14.8 Å². The Hall–Kier alpha value is -1.85. The quantitative estimate of drug-likeness (QED) is 0.476. The Kier molecular flexibility index (Phi) is 6.67. The van der Waals surface area contributed by atoms with E-state index in [2.05, 4.69) is 25.2 Å². The molecule has 33 heavy (non-hydrogen) atoms. The molecule has 6 heteroatoms. The van der Waals surface area contributed by atoms with E-state index in [0.717, 1.165) is 44.9 Å². The molecule has 184 valence electrons. The highest BCUT2D eigenvalue weighted by Crippen LogP contribution is 2.65. The van der Waals surface area contributed by atoms with Gasteiger partial charge in [0.25, 0.3) is 0 Å². The molecule has 0 spiro atoms. The Morgan fingerprint density at radius 3 is 2.39 bits per heavy atom. The summed E-state index contributed by atoms with van der Waals surface area (Å²) in [5.41, 5.74) is 1.54. The summed E-state index contributed by atoms with van der Waals surface area (Å²) in [7, 11) is 0. The molecule has 3 saturated carbocycles. The fraction of sp³-hybridized carbons (Fsp3) is 0.815.